The summed E-state index contributed by atoms with van der Waals surface area (Å²) in [6, 6.07) is 0. The van der Waals surface area contributed by atoms with Crippen LogP contribution in [0.25, 0.3) is 11.2 Å². The third-order valence-electron chi connectivity index (χ3n) is 7.00. The molecule has 0 aliphatic carbocycles. The lowest BCUT2D eigenvalue weighted by Crippen LogP contribution is -2.40. The molecular weight excluding hydrogens is 634 g/mol. The van der Waals surface area contributed by atoms with Gasteiger partial charge < -0.3 is 59.4 Å². The van der Waals surface area contributed by atoms with E-state index in [-0.39, 0.29) is 22.8 Å². The fourth-order valence-corrected chi connectivity index (χ4v) is 6.75. The van der Waals surface area contributed by atoms with Crippen molar-refractivity contribution in [2.45, 2.75) is 62.4 Å². The van der Waals surface area contributed by atoms with Crippen molar-refractivity contribution in [3.63, 3.8) is 0 Å². The minimum Gasteiger partial charge on any atom is -0.756 e. The summed E-state index contributed by atoms with van der Waals surface area (Å²) in [5.74, 6) is -0.182. The van der Waals surface area contributed by atoms with Crippen LogP contribution >= 0.6 is 15.6 Å². The van der Waals surface area contributed by atoms with Gasteiger partial charge in [-0.1, -0.05) is 6.08 Å². The Labute approximate surface area is 248 Å². The monoisotopic (exact) mass is 662 g/mol. The van der Waals surface area contributed by atoms with Gasteiger partial charge in [0.2, 0.25) is 0 Å². The molecule has 0 radical (unpaired) electrons. The van der Waals surface area contributed by atoms with Crippen molar-refractivity contribution in [1.82, 2.24) is 24.4 Å². The number of hydrogen-bond donors (Lipinski definition) is 5. The van der Waals surface area contributed by atoms with Crippen molar-refractivity contribution in [2.75, 3.05) is 18.9 Å². The van der Waals surface area contributed by atoms with E-state index >= 15 is 0 Å². The summed E-state index contributed by atoms with van der Waals surface area (Å²) in [6.45, 7) is -0.581. The van der Waals surface area contributed by atoms with Crippen molar-refractivity contribution < 1.29 is 67.0 Å². The number of aromatic nitrogens is 4. The molecule has 10 atom stereocenters. The zero-order valence-corrected chi connectivity index (χ0v) is 24.5. The number of imidazole rings is 1. The summed E-state index contributed by atoms with van der Waals surface area (Å²) in [5.41, 5.74) is 6.47. The zero-order valence-electron chi connectivity index (χ0n) is 22.7. The molecule has 2 aromatic heterocycles. The Balaban J connectivity index is 1.15. The van der Waals surface area contributed by atoms with E-state index in [9.17, 15) is 44.1 Å². The van der Waals surface area contributed by atoms with Gasteiger partial charge in [-0.05, 0) is 13.3 Å². The van der Waals surface area contributed by atoms with Crippen LogP contribution < -0.4 is 15.5 Å². The predicted octanol–water partition coefficient (Wildman–Crippen LogP) is -2.85. The Morgan fingerprint density at radius 3 is 2.20 bits per heavy atom. The molecule has 0 saturated carbocycles. The number of ketones is 1. The summed E-state index contributed by atoms with van der Waals surface area (Å²) in [5, 5.41) is 41.6. The van der Waals surface area contributed by atoms with Gasteiger partial charge in [-0.2, -0.15) is 0 Å². The van der Waals surface area contributed by atoms with Gasteiger partial charge in [0.1, 0.15) is 48.5 Å². The predicted molar refractivity (Wildman–Crippen MR) is 139 cm³/mol. The van der Waals surface area contributed by atoms with Crippen LogP contribution in [0, 0.1) is 0 Å². The lowest BCUT2D eigenvalue weighted by atomic mass is 10.1. The first-order valence-electron chi connectivity index (χ1n) is 12.9. The molecule has 2 aromatic rings. The minimum absolute atomic E-state index is 0.0416. The van der Waals surface area contributed by atoms with Crippen LogP contribution in [-0.2, 0) is 36.8 Å². The molecule has 0 bridgehead atoms. The van der Waals surface area contributed by atoms with Crippen LogP contribution in [0.2, 0.25) is 0 Å². The lowest BCUT2D eigenvalue weighted by Gasteiger charge is -2.32. The largest absolute Gasteiger partial charge is 0.756 e. The maximum absolute atomic E-state index is 12.3. The molecule has 44 heavy (non-hydrogen) atoms. The Bertz CT molecular complexity index is 1550. The second-order valence-corrected chi connectivity index (χ2v) is 12.9. The Morgan fingerprint density at radius 1 is 1.00 bits per heavy atom. The molecule has 22 heteroatoms. The summed E-state index contributed by atoms with van der Waals surface area (Å²) in [6.07, 6.45) is -4.74. The number of nitrogen functional groups attached to an aromatic ring is 1. The highest BCUT2D eigenvalue weighted by Crippen LogP contribution is 2.56. The van der Waals surface area contributed by atoms with Crippen LogP contribution in [0.15, 0.2) is 36.7 Å². The van der Waals surface area contributed by atoms with E-state index in [2.05, 4.69) is 28.3 Å². The van der Waals surface area contributed by atoms with Gasteiger partial charge in [0.15, 0.2) is 29.7 Å². The molecule has 242 valence electrons. The number of aliphatic hydroxyl groups is 4. The number of phosphoric acid groups is 2. The summed E-state index contributed by atoms with van der Waals surface area (Å²) >= 11 is 0. The van der Waals surface area contributed by atoms with Crippen LogP contribution in [0.3, 0.4) is 0 Å². The molecular formula is C22H28N6O14P2-2. The summed E-state index contributed by atoms with van der Waals surface area (Å²) < 4.78 is 50.0. The Hall–Kier alpha value is -2.68. The van der Waals surface area contributed by atoms with Crippen LogP contribution in [0.5, 0.6) is 0 Å². The minimum atomic E-state index is -5.67. The van der Waals surface area contributed by atoms with Gasteiger partial charge in [0.05, 0.1) is 19.5 Å². The first-order chi connectivity index (χ1) is 20.7. The number of ether oxygens (including phenoxy) is 2. The Kier molecular flexibility index (Phi) is 9.37. The first kappa shape index (κ1) is 32.7. The maximum Gasteiger partial charge on any atom is 0.274 e. The molecule has 2 saturated heterocycles. The van der Waals surface area contributed by atoms with Crippen molar-refractivity contribution in [1.29, 1.82) is 0 Å². The smallest absolute Gasteiger partial charge is 0.274 e. The average Bonchev–Trinajstić information content (AvgIpc) is 3.61. The van der Waals surface area contributed by atoms with Crippen LogP contribution in [0.1, 0.15) is 19.6 Å². The van der Waals surface area contributed by atoms with Gasteiger partial charge in [0.25, 0.3) is 15.6 Å². The van der Waals surface area contributed by atoms with Crippen molar-refractivity contribution in [3.8, 4) is 0 Å². The van der Waals surface area contributed by atoms with Crippen molar-refractivity contribution in [2.24, 2.45) is 0 Å². The molecule has 5 heterocycles. The second-order valence-electron chi connectivity index (χ2n) is 9.99. The maximum atomic E-state index is 12.3. The topological polar surface area (TPSA) is 297 Å². The number of anilines is 1. The summed E-state index contributed by atoms with van der Waals surface area (Å²) in [4.78, 5) is 49.4. The average molecular weight is 662 g/mol. The number of hydrogen-bond acceptors (Lipinski definition) is 19. The van der Waals surface area contributed by atoms with E-state index in [1.807, 2.05) is 0 Å². The molecule has 20 nitrogen and oxygen atoms in total. The van der Waals surface area contributed by atoms with Gasteiger partial charge in [-0.3, -0.25) is 18.5 Å². The first-order valence-corrected chi connectivity index (χ1v) is 15.8. The third-order valence-corrected chi connectivity index (χ3v) is 9.53. The third kappa shape index (κ3) is 6.77. The second kappa shape index (κ2) is 12.6. The van der Waals surface area contributed by atoms with E-state index in [1.54, 1.807) is 6.08 Å². The number of fused-ring (bicyclic) bond motifs is 1. The molecule has 0 amide bonds. The zero-order chi connectivity index (χ0) is 32.0. The SMILES string of the molecule is CC(=O)C1=CN(C2OC(COP(=O)([O-])OP(=O)([O-])OCC3OC(n4cnc5c(N)ncnc54)C(O)C3O)C(O)C2O)C=CC1. The van der Waals surface area contributed by atoms with Crippen molar-refractivity contribution in [3.05, 3.63) is 36.7 Å². The number of nitrogens with zero attached hydrogens (tertiary/aromatic N) is 5. The highest BCUT2D eigenvalue weighted by Gasteiger charge is 2.47. The normalized spacial score (nSPS) is 33.3. The molecule has 5 rings (SSSR count). The van der Waals surface area contributed by atoms with Crippen molar-refractivity contribution >= 4 is 38.4 Å². The highest BCUT2D eigenvalue weighted by atomic mass is 31.3. The van der Waals surface area contributed by atoms with E-state index in [0.717, 1.165) is 6.33 Å². The van der Waals surface area contributed by atoms with E-state index in [4.69, 9.17) is 15.2 Å². The molecule has 0 spiro atoms. The molecule has 3 aliphatic heterocycles. The fraction of sp³-hybridized carbons (Fsp3) is 0.545. The molecule has 10 unspecified atom stereocenters. The lowest BCUT2D eigenvalue weighted by molar-refractivity contribution is -0.246. The number of allylic oxidation sites excluding steroid dienone is 2. The van der Waals surface area contributed by atoms with Gasteiger partial charge in [-0.25, -0.2) is 19.3 Å². The van der Waals surface area contributed by atoms with Crippen LogP contribution in [-0.4, -0.2) is 107 Å². The number of rotatable bonds is 11. The number of aliphatic hydroxyl groups excluding tert-OH is 4. The number of carbonyl (C=O) groups excluding carboxylic acids is 1. The molecule has 0 aromatic carbocycles. The quantitative estimate of drug-likeness (QED) is 0.151. The molecule has 3 aliphatic rings. The number of Topliss-reactive ketones (excluding diaryl/α,β-unsaturated/α-hetero) is 1. The van der Waals surface area contributed by atoms with Gasteiger partial charge in [0, 0.05) is 18.0 Å². The molecule has 2 fully saturated rings. The number of phosphoric ester groups is 2. The van der Waals surface area contributed by atoms with Gasteiger partial charge >= 0.3 is 0 Å². The van der Waals surface area contributed by atoms with Crippen LogP contribution in [0.4, 0.5) is 5.82 Å². The number of carbonyl (C=O) groups is 1. The summed E-state index contributed by atoms with van der Waals surface area (Å²) in [7, 11) is -11.3. The highest BCUT2D eigenvalue weighted by molar-refractivity contribution is 7.59. The van der Waals surface area contributed by atoms with E-state index < -0.39 is 77.9 Å². The fourth-order valence-electron chi connectivity index (χ4n) is 4.74. The Morgan fingerprint density at radius 2 is 1.59 bits per heavy atom. The van der Waals surface area contributed by atoms with Gasteiger partial charge in [-0.15, -0.1) is 0 Å². The molecule has 6 N–H and O–H groups in total. The van der Waals surface area contributed by atoms with E-state index in [0.29, 0.717) is 12.0 Å². The van der Waals surface area contributed by atoms with E-state index in [1.165, 1.54) is 35.1 Å². The standard InChI is InChI=1S/C22H30N6O14P2/c1-10(29)11-3-2-4-27(5-11)21-17(32)15(30)12(40-21)6-38-43(34,35)42-44(36,37)39-7-13-16(31)18(33)22(41-13)28-9-26-14-19(23)24-8-25-20(14)28/h2,4-5,8-9,12-13,15-18,21-22,30-33H,3,6-7H2,1H3,(H,34,35)(H,36,37)(H2,23,24,25)/p-2. The number of nitrogens with two attached hydrogens (primary N) is 1.